The van der Waals surface area contributed by atoms with Crippen molar-refractivity contribution in [2.24, 2.45) is 0 Å². The molecule has 0 aliphatic heterocycles. The molecule has 2 rings (SSSR count). The highest BCUT2D eigenvalue weighted by atomic mass is 35.5. The summed E-state index contributed by atoms with van der Waals surface area (Å²) in [6.07, 6.45) is 2.35. The van der Waals surface area contributed by atoms with Crippen molar-refractivity contribution < 1.29 is 4.79 Å². The fraction of sp³-hybridized carbons (Fsp3) is 0.350. The second-order valence-electron chi connectivity index (χ2n) is 5.81. The van der Waals surface area contributed by atoms with Crippen molar-refractivity contribution in [1.82, 2.24) is 5.32 Å². The highest BCUT2D eigenvalue weighted by Crippen LogP contribution is 2.24. The molecule has 5 heteroatoms. The standard InChI is InChI=1S/C20H23Cl2NOS/c1-2-15-3-5-16(6-4-15)7-10-20(24)23-11-12-25-14-17-8-9-18(21)13-19(17)22/h3-6,8-9,13H,2,7,10-12,14H2,1H3,(H,23,24). The first kappa shape index (κ1) is 20.2. The molecule has 0 fully saturated rings. The van der Waals surface area contributed by atoms with E-state index < -0.39 is 0 Å². The maximum absolute atomic E-state index is 11.9. The number of benzene rings is 2. The average molecular weight is 396 g/mol. The van der Waals surface area contributed by atoms with Crippen LogP contribution in [0.3, 0.4) is 0 Å². The summed E-state index contributed by atoms with van der Waals surface area (Å²) in [6.45, 7) is 2.81. The largest absolute Gasteiger partial charge is 0.355 e. The van der Waals surface area contributed by atoms with Gasteiger partial charge in [-0.25, -0.2) is 0 Å². The van der Waals surface area contributed by atoms with Crippen LogP contribution < -0.4 is 5.32 Å². The summed E-state index contributed by atoms with van der Waals surface area (Å²) < 4.78 is 0. The van der Waals surface area contributed by atoms with Crippen LogP contribution in [-0.4, -0.2) is 18.2 Å². The van der Waals surface area contributed by atoms with E-state index in [1.807, 2.05) is 12.1 Å². The SMILES string of the molecule is CCc1ccc(CCC(=O)NCCSCc2ccc(Cl)cc2Cl)cc1. The number of thioether (sulfide) groups is 1. The van der Waals surface area contributed by atoms with Crippen molar-refractivity contribution in [1.29, 1.82) is 0 Å². The zero-order valence-corrected chi connectivity index (χ0v) is 16.7. The molecule has 1 amide bonds. The lowest BCUT2D eigenvalue weighted by Crippen LogP contribution is -2.25. The third kappa shape index (κ3) is 7.31. The Bertz CT molecular complexity index is 689. The van der Waals surface area contributed by atoms with Crippen molar-refractivity contribution in [3.63, 3.8) is 0 Å². The van der Waals surface area contributed by atoms with Gasteiger partial charge in [-0.1, -0.05) is 60.5 Å². The Morgan fingerprint density at radius 3 is 2.48 bits per heavy atom. The van der Waals surface area contributed by atoms with Crippen LogP contribution in [0, 0.1) is 0 Å². The molecule has 0 bridgehead atoms. The monoisotopic (exact) mass is 395 g/mol. The van der Waals surface area contributed by atoms with Gasteiger partial charge in [-0.05, 0) is 41.7 Å². The second kappa shape index (κ2) is 10.7. The number of carbonyl (C=O) groups is 1. The van der Waals surface area contributed by atoms with Gasteiger partial charge in [0.2, 0.25) is 5.91 Å². The lowest BCUT2D eigenvalue weighted by Gasteiger charge is -2.07. The summed E-state index contributed by atoms with van der Waals surface area (Å²) in [5, 5.41) is 4.31. The topological polar surface area (TPSA) is 29.1 Å². The fourth-order valence-corrected chi connectivity index (χ4v) is 3.79. The van der Waals surface area contributed by atoms with E-state index >= 15 is 0 Å². The van der Waals surface area contributed by atoms with Gasteiger partial charge in [-0.3, -0.25) is 4.79 Å². The first-order valence-electron chi connectivity index (χ1n) is 8.44. The van der Waals surface area contributed by atoms with E-state index in [2.05, 4.69) is 36.5 Å². The summed E-state index contributed by atoms with van der Waals surface area (Å²) in [6, 6.07) is 14.0. The normalized spacial score (nSPS) is 10.7. The third-order valence-corrected chi connectivity index (χ3v) is 5.51. The molecule has 2 aromatic rings. The minimum absolute atomic E-state index is 0.102. The minimum atomic E-state index is 0.102. The molecule has 1 N–H and O–H groups in total. The van der Waals surface area contributed by atoms with Crippen molar-refractivity contribution >= 4 is 40.9 Å². The molecule has 0 atom stereocenters. The maximum Gasteiger partial charge on any atom is 0.220 e. The highest BCUT2D eigenvalue weighted by Gasteiger charge is 2.04. The van der Waals surface area contributed by atoms with E-state index in [0.717, 1.165) is 29.9 Å². The van der Waals surface area contributed by atoms with Crippen LogP contribution in [0.2, 0.25) is 10.0 Å². The predicted molar refractivity (Wildman–Crippen MR) is 110 cm³/mol. The number of hydrogen-bond donors (Lipinski definition) is 1. The summed E-state index contributed by atoms with van der Waals surface area (Å²) >= 11 is 13.8. The van der Waals surface area contributed by atoms with E-state index in [4.69, 9.17) is 23.2 Å². The molecule has 25 heavy (non-hydrogen) atoms. The predicted octanol–water partition coefficient (Wildman–Crippen LogP) is 5.54. The van der Waals surface area contributed by atoms with E-state index in [1.165, 1.54) is 11.1 Å². The molecule has 2 aromatic carbocycles. The number of halogens is 2. The average Bonchev–Trinajstić information content (AvgIpc) is 2.61. The van der Waals surface area contributed by atoms with Crippen LogP contribution in [0.4, 0.5) is 0 Å². The van der Waals surface area contributed by atoms with E-state index in [1.54, 1.807) is 17.8 Å². The second-order valence-corrected chi connectivity index (χ2v) is 7.76. The summed E-state index contributed by atoms with van der Waals surface area (Å²) in [7, 11) is 0. The molecular weight excluding hydrogens is 373 g/mol. The summed E-state index contributed by atoms with van der Waals surface area (Å²) in [5.74, 6) is 1.77. The Kier molecular flexibility index (Phi) is 8.66. The van der Waals surface area contributed by atoms with Crippen LogP contribution >= 0.6 is 35.0 Å². The quantitative estimate of drug-likeness (QED) is 0.564. The van der Waals surface area contributed by atoms with Gasteiger partial charge in [-0.15, -0.1) is 0 Å². The van der Waals surface area contributed by atoms with Crippen LogP contribution in [-0.2, 0) is 23.4 Å². The van der Waals surface area contributed by atoms with Gasteiger partial charge in [0.1, 0.15) is 0 Å². The maximum atomic E-state index is 11.9. The Morgan fingerprint density at radius 2 is 1.80 bits per heavy atom. The number of hydrogen-bond acceptors (Lipinski definition) is 2. The van der Waals surface area contributed by atoms with Crippen molar-refractivity contribution in [2.75, 3.05) is 12.3 Å². The molecule has 0 unspecified atom stereocenters. The number of rotatable bonds is 9. The lowest BCUT2D eigenvalue weighted by molar-refractivity contribution is -0.120. The highest BCUT2D eigenvalue weighted by molar-refractivity contribution is 7.98. The number of aryl methyl sites for hydroxylation is 2. The van der Waals surface area contributed by atoms with Gasteiger partial charge in [0.25, 0.3) is 0 Å². The van der Waals surface area contributed by atoms with Crippen LogP contribution in [0.1, 0.15) is 30.0 Å². The van der Waals surface area contributed by atoms with Gasteiger partial charge in [0, 0.05) is 34.5 Å². The molecular formula is C20H23Cl2NOS. The zero-order valence-electron chi connectivity index (χ0n) is 14.4. The lowest BCUT2D eigenvalue weighted by atomic mass is 10.1. The molecule has 0 saturated heterocycles. The van der Waals surface area contributed by atoms with Gasteiger partial charge in [0.05, 0.1) is 0 Å². The zero-order chi connectivity index (χ0) is 18.1. The third-order valence-electron chi connectivity index (χ3n) is 3.91. The molecule has 0 aromatic heterocycles. The van der Waals surface area contributed by atoms with E-state index in [9.17, 15) is 4.79 Å². The van der Waals surface area contributed by atoms with Gasteiger partial charge < -0.3 is 5.32 Å². The van der Waals surface area contributed by atoms with Crippen molar-refractivity contribution in [2.45, 2.75) is 31.9 Å². The Morgan fingerprint density at radius 1 is 1.08 bits per heavy atom. The first-order chi connectivity index (χ1) is 12.1. The fourth-order valence-electron chi connectivity index (χ4n) is 2.37. The van der Waals surface area contributed by atoms with Crippen LogP contribution in [0.5, 0.6) is 0 Å². The number of amides is 1. The molecule has 0 aliphatic rings. The minimum Gasteiger partial charge on any atom is -0.355 e. The van der Waals surface area contributed by atoms with E-state index in [-0.39, 0.29) is 5.91 Å². The van der Waals surface area contributed by atoms with Crippen molar-refractivity contribution in [3.05, 3.63) is 69.2 Å². The van der Waals surface area contributed by atoms with Gasteiger partial charge in [0.15, 0.2) is 0 Å². The molecule has 0 radical (unpaired) electrons. The van der Waals surface area contributed by atoms with E-state index in [0.29, 0.717) is 23.0 Å². The molecule has 134 valence electrons. The Balaban J connectivity index is 1.60. The van der Waals surface area contributed by atoms with Gasteiger partial charge in [-0.2, -0.15) is 11.8 Å². The molecule has 0 heterocycles. The molecule has 0 spiro atoms. The number of nitrogens with one attached hydrogen (secondary N) is 1. The Hall–Kier alpha value is -1.16. The van der Waals surface area contributed by atoms with Crippen LogP contribution in [0.15, 0.2) is 42.5 Å². The molecule has 0 aliphatic carbocycles. The summed E-state index contributed by atoms with van der Waals surface area (Å²) in [5.41, 5.74) is 3.60. The van der Waals surface area contributed by atoms with Crippen LogP contribution in [0.25, 0.3) is 0 Å². The van der Waals surface area contributed by atoms with Crippen molar-refractivity contribution in [3.8, 4) is 0 Å². The smallest absolute Gasteiger partial charge is 0.220 e. The molecule has 0 saturated carbocycles. The summed E-state index contributed by atoms with van der Waals surface area (Å²) in [4.78, 5) is 11.9. The first-order valence-corrected chi connectivity index (χ1v) is 10.4. The Labute approximate surface area is 164 Å². The number of carbonyl (C=O) groups excluding carboxylic acids is 1. The van der Waals surface area contributed by atoms with Gasteiger partial charge >= 0.3 is 0 Å². The molecule has 2 nitrogen and oxygen atoms in total.